The maximum atomic E-state index is 12.4. The van der Waals surface area contributed by atoms with Gasteiger partial charge >= 0.3 is 0 Å². The number of nitrogens with zero attached hydrogens (tertiary/aromatic N) is 2. The van der Waals surface area contributed by atoms with Crippen molar-refractivity contribution in [2.24, 2.45) is 5.73 Å². The number of hydrogen-bond acceptors (Lipinski definition) is 4. The summed E-state index contributed by atoms with van der Waals surface area (Å²) < 4.78 is 0. The van der Waals surface area contributed by atoms with Crippen molar-refractivity contribution in [2.75, 3.05) is 19.6 Å². The second kappa shape index (κ2) is 7.73. The molecule has 3 N–H and O–H groups in total. The number of aromatic nitrogens is 1. The normalized spacial score (nSPS) is 15.6. The SMILES string of the molecule is NC(=O)CN(C(=O)CCc1ccccn1)C1CCNCC1. The van der Waals surface area contributed by atoms with Crippen LogP contribution in [-0.2, 0) is 16.0 Å². The molecule has 114 valence electrons. The smallest absolute Gasteiger partial charge is 0.237 e. The van der Waals surface area contributed by atoms with Crippen molar-refractivity contribution < 1.29 is 9.59 Å². The number of hydrogen-bond donors (Lipinski definition) is 2. The van der Waals surface area contributed by atoms with Gasteiger partial charge in [0.15, 0.2) is 0 Å². The topological polar surface area (TPSA) is 88.3 Å². The van der Waals surface area contributed by atoms with Gasteiger partial charge in [0.2, 0.25) is 11.8 Å². The first kappa shape index (κ1) is 15.4. The molecule has 0 saturated carbocycles. The zero-order valence-corrected chi connectivity index (χ0v) is 12.1. The van der Waals surface area contributed by atoms with E-state index >= 15 is 0 Å². The van der Waals surface area contributed by atoms with Crippen molar-refractivity contribution >= 4 is 11.8 Å². The summed E-state index contributed by atoms with van der Waals surface area (Å²) in [6.45, 7) is 1.74. The van der Waals surface area contributed by atoms with E-state index in [0.29, 0.717) is 12.8 Å². The first-order chi connectivity index (χ1) is 10.2. The molecule has 1 aromatic rings. The number of rotatable bonds is 6. The van der Waals surface area contributed by atoms with Crippen LogP contribution in [0.2, 0.25) is 0 Å². The second-order valence-electron chi connectivity index (χ2n) is 5.29. The number of primary amides is 1. The molecular weight excluding hydrogens is 268 g/mol. The quantitative estimate of drug-likeness (QED) is 0.776. The molecule has 1 aliphatic rings. The van der Waals surface area contributed by atoms with Gasteiger partial charge in [-0.3, -0.25) is 14.6 Å². The van der Waals surface area contributed by atoms with Gasteiger partial charge in [0.1, 0.15) is 0 Å². The van der Waals surface area contributed by atoms with Crippen molar-refractivity contribution in [1.82, 2.24) is 15.2 Å². The number of nitrogens with two attached hydrogens (primary N) is 1. The molecule has 0 atom stereocenters. The minimum atomic E-state index is -0.459. The summed E-state index contributed by atoms with van der Waals surface area (Å²) >= 11 is 0. The molecule has 6 heteroatoms. The van der Waals surface area contributed by atoms with Crippen LogP contribution in [0.3, 0.4) is 0 Å². The molecule has 0 unspecified atom stereocenters. The Hall–Kier alpha value is -1.95. The molecule has 2 rings (SSSR count). The minimum absolute atomic E-state index is 0.00567. The summed E-state index contributed by atoms with van der Waals surface area (Å²) in [7, 11) is 0. The van der Waals surface area contributed by atoms with Crippen LogP contribution in [0.25, 0.3) is 0 Å². The Balaban J connectivity index is 1.94. The van der Waals surface area contributed by atoms with Crippen LogP contribution in [0.5, 0.6) is 0 Å². The maximum absolute atomic E-state index is 12.4. The van der Waals surface area contributed by atoms with Gasteiger partial charge in [-0.05, 0) is 44.5 Å². The minimum Gasteiger partial charge on any atom is -0.368 e. The third-order valence-electron chi connectivity index (χ3n) is 3.72. The van der Waals surface area contributed by atoms with E-state index in [-0.39, 0.29) is 18.5 Å². The van der Waals surface area contributed by atoms with E-state index < -0.39 is 5.91 Å². The molecule has 0 aromatic carbocycles. The average Bonchev–Trinajstić information content (AvgIpc) is 2.52. The van der Waals surface area contributed by atoms with Crippen molar-refractivity contribution in [3.05, 3.63) is 30.1 Å². The van der Waals surface area contributed by atoms with Crippen LogP contribution in [0.15, 0.2) is 24.4 Å². The summed E-state index contributed by atoms with van der Waals surface area (Å²) in [6, 6.07) is 5.76. The molecule has 1 aromatic heterocycles. The molecule has 0 radical (unpaired) electrons. The van der Waals surface area contributed by atoms with Crippen LogP contribution in [0.1, 0.15) is 25.0 Å². The number of nitrogens with one attached hydrogen (secondary N) is 1. The van der Waals surface area contributed by atoms with Crippen molar-refractivity contribution in [3.8, 4) is 0 Å². The number of carbonyl (C=O) groups is 2. The van der Waals surface area contributed by atoms with Crippen LogP contribution in [0, 0.1) is 0 Å². The predicted molar refractivity (Wildman–Crippen MR) is 79.4 cm³/mol. The van der Waals surface area contributed by atoms with Crippen molar-refractivity contribution in [3.63, 3.8) is 0 Å². The molecule has 6 nitrogen and oxygen atoms in total. The Bertz CT molecular complexity index is 472. The fraction of sp³-hybridized carbons (Fsp3) is 0.533. The van der Waals surface area contributed by atoms with Crippen LogP contribution in [-0.4, -0.2) is 47.4 Å². The molecule has 1 aliphatic heterocycles. The predicted octanol–water partition coefficient (Wildman–Crippen LogP) is 0.0801. The molecule has 1 saturated heterocycles. The lowest BCUT2D eigenvalue weighted by atomic mass is 10.0. The Morgan fingerprint density at radius 3 is 2.71 bits per heavy atom. The molecule has 0 bridgehead atoms. The first-order valence-electron chi connectivity index (χ1n) is 7.35. The van der Waals surface area contributed by atoms with Gasteiger partial charge in [0.05, 0.1) is 6.54 Å². The lowest BCUT2D eigenvalue weighted by Gasteiger charge is -2.34. The van der Waals surface area contributed by atoms with Crippen molar-refractivity contribution in [1.29, 1.82) is 0 Å². The number of carbonyl (C=O) groups excluding carboxylic acids is 2. The van der Waals surface area contributed by atoms with Gasteiger partial charge in [-0.15, -0.1) is 0 Å². The third-order valence-corrected chi connectivity index (χ3v) is 3.72. The molecule has 21 heavy (non-hydrogen) atoms. The third kappa shape index (κ3) is 4.82. The van der Waals surface area contributed by atoms with Crippen LogP contribution >= 0.6 is 0 Å². The van der Waals surface area contributed by atoms with Gasteiger partial charge in [-0.2, -0.15) is 0 Å². The highest BCUT2D eigenvalue weighted by Crippen LogP contribution is 2.14. The standard InChI is InChI=1S/C15H22N4O2/c16-14(20)11-19(13-6-9-17-10-7-13)15(21)5-4-12-3-1-2-8-18-12/h1-3,8,13,17H,4-7,9-11H2,(H2,16,20). The molecule has 1 fully saturated rings. The van der Waals surface area contributed by atoms with E-state index in [1.165, 1.54) is 0 Å². The summed E-state index contributed by atoms with van der Waals surface area (Å²) in [6.07, 6.45) is 4.38. The van der Waals surface area contributed by atoms with Crippen molar-refractivity contribution in [2.45, 2.75) is 31.7 Å². The monoisotopic (exact) mass is 290 g/mol. The number of piperidine rings is 1. The number of aryl methyl sites for hydroxylation is 1. The summed E-state index contributed by atoms with van der Waals surface area (Å²) in [5.41, 5.74) is 6.17. The van der Waals surface area contributed by atoms with Gasteiger partial charge in [-0.25, -0.2) is 0 Å². The maximum Gasteiger partial charge on any atom is 0.237 e. The van der Waals surface area contributed by atoms with Gasteiger partial charge in [0.25, 0.3) is 0 Å². The van der Waals surface area contributed by atoms with Gasteiger partial charge in [-0.1, -0.05) is 6.07 Å². The second-order valence-corrected chi connectivity index (χ2v) is 5.29. The van der Waals surface area contributed by atoms with Gasteiger partial charge < -0.3 is 16.0 Å². The van der Waals surface area contributed by atoms with E-state index in [9.17, 15) is 9.59 Å². The Labute approximate surface area is 124 Å². The van der Waals surface area contributed by atoms with Crippen LogP contribution in [0.4, 0.5) is 0 Å². The van der Waals surface area contributed by atoms with E-state index in [0.717, 1.165) is 31.6 Å². The van der Waals surface area contributed by atoms with E-state index in [1.54, 1.807) is 11.1 Å². The Kier molecular flexibility index (Phi) is 5.68. The average molecular weight is 290 g/mol. The highest BCUT2D eigenvalue weighted by Gasteiger charge is 2.26. The van der Waals surface area contributed by atoms with E-state index in [2.05, 4.69) is 10.3 Å². The molecule has 0 spiro atoms. The lowest BCUT2D eigenvalue weighted by molar-refractivity contribution is -0.138. The Morgan fingerprint density at radius 2 is 2.10 bits per heavy atom. The zero-order chi connectivity index (χ0) is 15.1. The van der Waals surface area contributed by atoms with Crippen LogP contribution < -0.4 is 11.1 Å². The number of amides is 2. The zero-order valence-electron chi connectivity index (χ0n) is 12.1. The van der Waals surface area contributed by atoms with E-state index in [4.69, 9.17) is 5.73 Å². The molecular formula is C15H22N4O2. The highest BCUT2D eigenvalue weighted by atomic mass is 16.2. The lowest BCUT2D eigenvalue weighted by Crippen LogP contribution is -2.49. The number of pyridine rings is 1. The van der Waals surface area contributed by atoms with Gasteiger partial charge in [0, 0.05) is 24.4 Å². The highest BCUT2D eigenvalue weighted by molar-refractivity contribution is 5.84. The Morgan fingerprint density at radius 1 is 1.33 bits per heavy atom. The summed E-state index contributed by atoms with van der Waals surface area (Å²) in [5, 5.41) is 3.26. The van der Waals surface area contributed by atoms with E-state index in [1.807, 2.05) is 18.2 Å². The molecule has 0 aliphatic carbocycles. The largest absolute Gasteiger partial charge is 0.368 e. The molecule has 2 amide bonds. The summed E-state index contributed by atoms with van der Waals surface area (Å²) in [4.78, 5) is 29.5. The molecule has 2 heterocycles. The fourth-order valence-electron chi connectivity index (χ4n) is 2.63. The summed E-state index contributed by atoms with van der Waals surface area (Å²) in [5.74, 6) is -0.480. The first-order valence-corrected chi connectivity index (χ1v) is 7.35. The fourth-order valence-corrected chi connectivity index (χ4v) is 2.63.